The SMILES string of the molecule is CC.CCC.CNc1ccc(C2=CCNCC2)cc1. The first-order chi connectivity index (χ1) is 9.31. The van der Waals surface area contributed by atoms with Gasteiger partial charge in [-0.15, -0.1) is 0 Å². The summed E-state index contributed by atoms with van der Waals surface area (Å²) >= 11 is 0. The molecular weight excluding hydrogens is 232 g/mol. The summed E-state index contributed by atoms with van der Waals surface area (Å²) < 4.78 is 0. The van der Waals surface area contributed by atoms with Crippen LogP contribution in [-0.4, -0.2) is 20.1 Å². The van der Waals surface area contributed by atoms with Crippen molar-refractivity contribution in [2.24, 2.45) is 0 Å². The zero-order valence-corrected chi connectivity index (χ0v) is 13.2. The van der Waals surface area contributed by atoms with E-state index in [1.54, 1.807) is 0 Å². The van der Waals surface area contributed by atoms with Crippen LogP contribution in [0.15, 0.2) is 30.3 Å². The largest absolute Gasteiger partial charge is 0.388 e. The monoisotopic (exact) mass is 262 g/mol. The van der Waals surface area contributed by atoms with Crippen molar-refractivity contribution in [1.82, 2.24) is 5.32 Å². The molecule has 0 aliphatic carbocycles. The third-order valence-electron chi connectivity index (χ3n) is 2.61. The Bertz CT molecular complexity index is 339. The van der Waals surface area contributed by atoms with Crippen LogP contribution in [0, 0.1) is 0 Å². The highest BCUT2D eigenvalue weighted by molar-refractivity contribution is 5.68. The van der Waals surface area contributed by atoms with Gasteiger partial charge in [-0.3, -0.25) is 0 Å². The predicted molar refractivity (Wildman–Crippen MR) is 88.8 cm³/mol. The lowest BCUT2D eigenvalue weighted by Crippen LogP contribution is -2.19. The Kier molecular flexibility index (Phi) is 11.0. The molecule has 1 aliphatic heterocycles. The summed E-state index contributed by atoms with van der Waals surface area (Å²) in [5.74, 6) is 0. The van der Waals surface area contributed by atoms with Gasteiger partial charge in [-0.05, 0) is 36.2 Å². The lowest BCUT2D eigenvalue weighted by atomic mass is 10.0. The molecule has 1 aliphatic rings. The quantitative estimate of drug-likeness (QED) is 0.817. The van der Waals surface area contributed by atoms with E-state index >= 15 is 0 Å². The van der Waals surface area contributed by atoms with Gasteiger partial charge in [0.05, 0.1) is 0 Å². The van der Waals surface area contributed by atoms with Crippen LogP contribution in [0.1, 0.15) is 46.1 Å². The average Bonchev–Trinajstić information content (AvgIpc) is 2.51. The molecule has 0 amide bonds. The molecule has 19 heavy (non-hydrogen) atoms. The first-order valence-corrected chi connectivity index (χ1v) is 7.49. The van der Waals surface area contributed by atoms with Crippen LogP contribution in [0.3, 0.4) is 0 Å². The molecule has 1 aromatic rings. The summed E-state index contributed by atoms with van der Waals surface area (Å²) in [6.07, 6.45) is 4.66. The van der Waals surface area contributed by atoms with E-state index in [2.05, 4.69) is 54.8 Å². The number of nitrogens with one attached hydrogen (secondary N) is 2. The van der Waals surface area contributed by atoms with E-state index in [1.165, 1.54) is 23.2 Å². The Morgan fingerprint density at radius 2 is 1.68 bits per heavy atom. The summed E-state index contributed by atoms with van der Waals surface area (Å²) in [4.78, 5) is 0. The molecule has 2 heteroatoms. The van der Waals surface area contributed by atoms with Crippen LogP contribution in [0.2, 0.25) is 0 Å². The molecular formula is C17H30N2. The van der Waals surface area contributed by atoms with E-state index in [0.717, 1.165) is 19.5 Å². The van der Waals surface area contributed by atoms with Crippen LogP contribution < -0.4 is 10.6 Å². The van der Waals surface area contributed by atoms with Gasteiger partial charge in [0.25, 0.3) is 0 Å². The summed E-state index contributed by atoms with van der Waals surface area (Å²) in [6, 6.07) is 8.61. The minimum absolute atomic E-state index is 1.00. The number of rotatable bonds is 2. The first kappa shape index (κ1) is 17.7. The third kappa shape index (κ3) is 7.02. The molecule has 1 aromatic carbocycles. The Balaban J connectivity index is 0.000000573. The van der Waals surface area contributed by atoms with Gasteiger partial charge in [0.2, 0.25) is 0 Å². The second kappa shape index (κ2) is 11.8. The van der Waals surface area contributed by atoms with Gasteiger partial charge < -0.3 is 10.6 Å². The first-order valence-electron chi connectivity index (χ1n) is 7.49. The van der Waals surface area contributed by atoms with Crippen molar-refractivity contribution in [2.45, 2.75) is 40.5 Å². The maximum absolute atomic E-state index is 3.32. The summed E-state index contributed by atoms with van der Waals surface area (Å²) in [5, 5.41) is 6.44. The molecule has 0 saturated heterocycles. The lowest BCUT2D eigenvalue weighted by molar-refractivity contribution is 0.738. The maximum Gasteiger partial charge on any atom is 0.0337 e. The highest BCUT2D eigenvalue weighted by Gasteiger charge is 2.04. The smallest absolute Gasteiger partial charge is 0.0337 e. The standard InChI is InChI=1S/C12H16N2.C3H8.C2H6/c1-13-12-4-2-10(3-5-12)11-6-8-14-9-7-11;1-3-2;1-2/h2-6,13-14H,7-9H2,1H3;3H2,1-2H3;1-2H3. The topological polar surface area (TPSA) is 24.1 Å². The van der Waals surface area contributed by atoms with Crippen LogP contribution in [0.25, 0.3) is 5.57 Å². The van der Waals surface area contributed by atoms with Crippen LogP contribution in [0.4, 0.5) is 5.69 Å². The molecule has 108 valence electrons. The van der Waals surface area contributed by atoms with Crippen molar-refractivity contribution in [3.05, 3.63) is 35.9 Å². The molecule has 0 radical (unpaired) electrons. The molecule has 2 N–H and O–H groups in total. The molecule has 0 bridgehead atoms. The number of anilines is 1. The molecule has 0 fully saturated rings. The lowest BCUT2D eigenvalue weighted by Gasteiger charge is -2.14. The fraction of sp³-hybridized carbons (Fsp3) is 0.529. The average molecular weight is 262 g/mol. The van der Waals surface area contributed by atoms with Crippen molar-refractivity contribution in [3.63, 3.8) is 0 Å². The second-order valence-corrected chi connectivity index (χ2v) is 4.22. The summed E-state index contributed by atoms with van der Waals surface area (Å²) in [5.41, 5.74) is 3.99. The normalized spacial score (nSPS) is 13.2. The molecule has 0 aromatic heterocycles. The molecule has 0 saturated carbocycles. The Morgan fingerprint density at radius 3 is 2.11 bits per heavy atom. The van der Waals surface area contributed by atoms with E-state index in [4.69, 9.17) is 0 Å². The van der Waals surface area contributed by atoms with Gasteiger partial charge >= 0.3 is 0 Å². The van der Waals surface area contributed by atoms with Gasteiger partial charge in [-0.1, -0.05) is 52.3 Å². The van der Waals surface area contributed by atoms with Crippen molar-refractivity contribution in [3.8, 4) is 0 Å². The molecule has 1 heterocycles. The van der Waals surface area contributed by atoms with E-state index in [-0.39, 0.29) is 0 Å². The van der Waals surface area contributed by atoms with Gasteiger partial charge in [-0.25, -0.2) is 0 Å². The maximum atomic E-state index is 3.32. The molecule has 2 nitrogen and oxygen atoms in total. The van der Waals surface area contributed by atoms with Crippen LogP contribution in [0.5, 0.6) is 0 Å². The number of hydrogen-bond acceptors (Lipinski definition) is 2. The Morgan fingerprint density at radius 1 is 1.11 bits per heavy atom. The highest BCUT2D eigenvalue weighted by Crippen LogP contribution is 2.21. The van der Waals surface area contributed by atoms with E-state index in [1.807, 2.05) is 20.9 Å². The zero-order valence-electron chi connectivity index (χ0n) is 13.2. The summed E-state index contributed by atoms with van der Waals surface area (Å²) in [6.45, 7) is 10.3. The van der Waals surface area contributed by atoms with E-state index < -0.39 is 0 Å². The van der Waals surface area contributed by atoms with E-state index in [9.17, 15) is 0 Å². The van der Waals surface area contributed by atoms with Gasteiger partial charge in [0, 0.05) is 19.3 Å². The van der Waals surface area contributed by atoms with Crippen molar-refractivity contribution >= 4 is 11.3 Å². The van der Waals surface area contributed by atoms with Crippen molar-refractivity contribution < 1.29 is 0 Å². The molecule has 0 unspecified atom stereocenters. The van der Waals surface area contributed by atoms with Gasteiger partial charge in [-0.2, -0.15) is 0 Å². The molecule has 0 spiro atoms. The van der Waals surface area contributed by atoms with Crippen LogP contribution >= 0.6 is 0 Å². The van der Waals surface area contributed by atoms with Crippen molar-refractivity contribution in [2.75, 3.05) is 25.5 Å². The van der Waals surface area contributed by atoms with Gasteiger partial charge in [0.1, 0.15) is 0 Å². The molecule has 0 atom stereocenters. The molecule has 2 rings (SSSR count). The zero-order chi connectivity index (χ0) is 14.5. The third-order valence-corrected chi connectivity index (χ3v) is 2.61. The number of benzene rings is 1. The minimum atomic E-state index is 1.00. The highest BCUT2D eigenvalue weighted by atomic mass is 14.8. The van der Waals surface area contributed by atoms with Crippen LogP contribution in [-0.2, 0) is 0 Å². The predicted octanol–water partition coefficient (Wildman–Crippen LogP) is 4.55. The minimum Gasteiger partial charge on any atom is -0.388 e. The number of hydrogen-bond donors (Lipinski definition) is 2. The fourth-order valence-corrected chi connectivity index (χ4v) is 1.74. The summed E-state index contributed by atoms with van der Waals surface area (Å²) in [7, 11) is 1.94. The Hall–Kier alpha value is -1.28. The van der Waals surface area contributed by atoms with Gasteiger partial charge in [0.15, 0.2) is 0 Å². The van der Waals surface area contributed by atoms with Crippen molar-refractivity contribution in [1.29, 1.82) is 0 Å². The van der Waals surface area contributed by atoms with E-state index in [0.29, 0.717) is 0 Å². The Labute approximate surface area is 119 Å². The fourth-order valence-electron chi connectivity index (χ4n) is 1.74. The second-order valence-electron chi connectivity index (χ2n) is 4.22.